The number of fused-ring (bicyclic) bond motifs is 1. The number of nitrogens with zero attached hydrogens (tertiary/aromatic N) is 2. The van der Waals surface area contributed by atoms with Crippen molar-refractivity contribution in [3.63, 3.8) is 0 Å². The van der Waals surface area contributed by atoms with Gasteiger partial charge >= 0.3 is 0 Å². The summed E-state index contributed by atoms with van der Waals surface area (Å²) in [6.07, 6.45) is 0. The van der Waals surface area contributed by atoms with Crippen LogP contribution in [0.4, 0.5) is 0 Å². The van der Waals surface area contributed by atoms with Crippen molar-refractivity contribution in [2.75, 3.05) is 7.05 Å². The molecule has 0 spiro atoms. The van der Waals surface area contributed by atoms with Gasteiger partial charge in [-0.3, -0.25) is 4.79 Å². The van der Waals surface area contributed by atoms with Crippen molar-refractivity contribution in [1.29, 1.82) is 0 Å². The minimum absolute atomic E-state index is 0.0589. The third-order valence-electron chi connectivity index (χ3n) is 3.05. The van der Waals surface area contributed by atoms with Gasteiger partial charge in [0, 0.05) is 10.6 Å². The number of carbonyl (C=O) groups excluding carboxylic acids is 1. The quantitative estimate of drug-likeness (QED) is 0.645. The van der Waals surface area contributed by atoms with Gasteiger partial charge in [0.25, 0.3) is 0 Å². The first-order chi connectivity index (χ1) is 8.95. The van der Waals surface area contributed by atoms with Crippen LogP contribution in [-0.4, -0.2) is 22.5 Å². The molecule has 0 aliphatic rings. The normalized spacial score (nSPS) is 14.4. The third kappa shape index (κ3) is 2.72. The van der Waals surface area contributed by atoms with Gasteiger partial charge in [-0.05, 0) is 54.6 Å². The molecule has 0 bridgehead atoms. The van der Waals surface area contributed by atoms with E-state index in [-0.39, 0.29) is 17.3 Å². The Hall–Kier alpha value is -0.820. The summed E-state index contributed by atoms with van der Waals surface area (Å²) in [5, 5.41) is 2.41. The van der Waals surface area contributed by atoms with Crippen molar-refractivity contribution < 1.29 is 4.79 Å². The van der Waals surface area contributed by atoms with Crippen molar-refractivity contribution in [1.82, 2.24) is 14.9 Å². The molecule has 1 N–H and O–H groups in total. The van der Waals surface area contributed by atoms with Gasteiger partial charge in [0.05, 0.1) is 16.4 Å². The molecule has 2 rings (SSSR count). The van der Waals surface area contributed by atoms with Gasteiger partial charge in [0.1, 0.15) is 11.9 Å². The van der Waals surface area contributed by atoms with Crippen molar-refractivity contribution >= 4 is 51.1 Å². The van der Waals surface area contributed by atoms with Crippen LogP contribution in [0.2, 0.25) is 0 Å². The molecule has 1 aromatic carbocycles. The number of carbonyl (C=O) groups is 1. The molecule has 0 aliphatic carbocycles. The second-order valence-electron chi connectivity index (χ2n) is 4.38. The molecule has 1 amide bonds. The molecule has 1 aromatic heterocycles. The molecule has 2 atom stereocenters. The fraction of sp³-hybridized carbons (Fsp3) is 0.385. The Morgan fingerprint density at radius 3 is 2.74 bits per heavy atom. The number of aromatic nitrogens is 2. The highest BCUT2D eigenvalue weighted by Gasteiger charge is 2.22. The fourth-order valence-electron chi connectivity index (χ4n) is 2.10. The highest BCUT2D eigenvalue weighted by molar-refractivity contribution is 14.1. The van der Waals surface area contributed by atoms with E-state index in [4.69, 9.17) is 11.6 Å². The van der Waals surface area contributed by atoms with Crippen molar-refractivity contribution in [3.8, 4) is 0 Å². The van der Waals surface area contributed by atoms with Crippen LogP contribution in [-0.2, 0) is 4.79 Å². The number of amides is 1. The van der Waals surface area contributed by atoms with Crippen LogP contribution in [0.25, 0.3) is 11.0 Å². The van der Waals surface area contributed by atoms with E-state index in [0.29, 0.717) is 0 Å². The van der Waals surface area contributed by atoms with Gasteiger partial charge in [0.15, 0.2) is 0 Å². The van der Waals surface area contributed by atoms with Crippen molar-refractivity contribution in [2.24, 2.45) is 0 Å². The lowest BCUT2D eigenvalue weighted by atomic mass is 10.2. The fourth-order valence-corrected chi connectivity index (χ4v) is 2.73. The molecular formula is C13H15ClIN3O. The first-order valence-corrected chi connectivity index (χ1v) is 7.50. The van der Waals surface area contributed by atoms with Crippen molar-refractivity contribution in [2.45, 2.75) is 25.3 Å². The zero-order valence-corrected chi connectivity index (χ0v) is 13.9. The highest BCUT2D eigenvalue weighted by atomic mass is 127. The predicted octanol–water partition coefficient (Wildman–Crippen LogP) is 3.25. The van der Waals surface area contributed by atoms with Gasteiger partial charge < -0.3 is 9.88 Å². The molecular weight excluding hydrogens is 377 g/mol. The molecule has 0 aliphatic heterocycles. The maximum Gasteiger partial charge on any atom is 0.242 e. The van der Waals surface area contributed by atoms with Crippen LogP contribution in [0.3, 0.4) is 0 Å². The number of imidazole rings is 1. The van der Waals surface area contributed by atoms with Gasteiger partial charge in [-0.25, -0.2) is 4.98 Å². The van der Waals surface area contributed by atoms with E-state index in [1.807, 2.05) is 36.6 Å². The van der Waals surface area contributed by atoms with E-state index in [2.05, 4.69) is 32.9 Å². The van der Waals surface area contributed by atoms with Crippen LogP contribution in [0.15, 0.2) is 18.2 Å². The molecule has 2 unspecified atom stereocenters. The van der Waals surface area contributed by atoms with Gasteiger partial charge in [-0.15, -0.1) is 11.6 Å². The Labute approximate surface area is 130 Å². The number of halogens is 2. The SMILES string of the molecule is CNC(=O)C(C)n1c(C(C)Cl)nc2cc(I)ccc21. The summed E-state index contributed by atoms with van der Waals surface area (Å²) in [5.41, 5.74) is 1.80. The maximum atomic E-state index is 11.9. The Morgan fingerprint density at radius 1 is 1.47 bits per heavy atom. The van der Waals surface area contributed by atoms with E-state index >= 15 is 0 Å². The highest BCUT2D eigenvalue weighted by Crippen LogP contribution is 2.28. The first-order valence-electron chi connectivity index (χ1n) is 5.98. The van der Waals surface area contributed by atoms with Gasteiger partial charge in [0.2, 0.25) is 5.91 Å². The summed E-state index contributed by atoms with van der Waals surface area (Å²) in [7, 11) is 1.63. The Balaban J connectivity index is 2.68. The number of nitrogens with one attached hydrogen (secondary N) is 1. The summed E-state index contributed by atoms with van der Waals surface area (Å²) < 4.78 is 3.01. The molecule has 0 radical (unpaired) electrons. The number of alkyl halides is 1. The summed E-state index contributed by atoms with van der Waals surface area (Å²) in [5.74, 6) is 0.659. The average molecular weight is 392 g/mol. The van der Waals surface area contributed by atoms with Crippen molar-refractivity contribution in [3.05, 3.63) is 27.6 Å². The predicted molar refractivity (Wildman–Crippen MR) is 85.5 cm³/mol. The standard InChI is InChI=1S/C13H15ClIN3O/c1-7(14)12-17-10-6-9(15)4-5-11(10)18(12)8(2)13(19)16-3/h4-8H,1-3H3,(H,16,19). The van der Waals surface area contributed by atoms with Crippen LogP contribution in [0.5, 0.6) is 0 Å². The van der Waals surface area contributed by atoms with E-state index in [0.717, 1.165) is 20.4 Å². The molecule has 2 aromatic rings. The minimum Gasteiger partial charge on any atom is -0.357 e. The number of likely N-dealkylation sites (N-methyl/N-ethyl adjacent to an activating group) is 1. The second-order valence-corrected chi connectivity index (χ2v) is 6.28. The Morgan fingerprint density at radius 2 is 2.16 bits per heavy atom. The smallest absolute Gasteiger partial charge is 0.242 e. The number of rotatable bonds is 3. The molecule has 0 saturated heterocycles. The zero-order chi connectivity index (χ0) is 14.2. The first kappa shape index (κ1) is 14.6. The maximum absolute atomic E-state index is 11.9. The summed E-state index contributed by atoms with van der Waals surface area (Å²) in [6.45, 7) is 3.71. The van der Waals surface area contributed by atoms with E-state index in [1.54, 1.807) is 7.05 Å². The lowest BCUT2D eigenvalue weighted by Crippen LogP contribution is -2.28. The van der Waals surface area contributed by atoms with Crippen LogP contribution in [0, 0.1) is 3.57 Å². The van der Waals surface area contributed by atoms with Gasteiger partial charge in [-0.2, -0.15) is 0 Å². The molecule has 0 saturated carbocycles. The minimum atomic E-state index is -0.341. The van der Waals surface area contributed by atoms with E-state index < -0.39 is 0 Å². The van der Waals surface area contributed by atoms with Gasteiger partial charge in [-0.1, -0.05) is 0 Å². The third-order valence-corrected chi connectivity index (χ3v) is 3.91. The molecule has 19 heavy (non-hydrogen) atoms. The average Bonchev–Trinajstić information content (AvgIpc) is 2.75. The summed E-state index contributed by atoms with van der Waals surface area (Å²) in [6, 6.07) is 5.63. The van der Waals surface area contributed by atoms with E-state index in [1.165, 1.54) is 0 Å². The number of benzene rings is 1. The summed E-state index contributed by atoms with van der Waals surface area (Å²) in [4.78, 5) is 16.4. The Kier molecular flexibility index (Phi) is 4.35. The monoisotopic (exact) mass is 391 g/mol. The molecule has 1 heterocycles. The topological polar surface area (TPSA) is 46.9 Å². The van der Waals surface area contributed by atoms with Crippen LogP contribution < -0.4 is 5.32 Å². The lowest BCUT2D eigenvalue weighted by molar-refractivity contribution is -0.123. The summed E-state index contributed by atoms with van der Waals surface area (Å²) >= 11 is 8.44. The molecule has 6 heteroatoms. The largest absolute Gasteiger partial charge is 0.357 e. The lowest BCUT2D eigenvalue weighted by Gasteiger charge is -2.17. The molecule has 102 valence electrons. The second kappa shape index (κ2) is 5.66. The number of hydrogen-bond acceptors (Lipinski definition) is 2. The zero-order valence-electron chi connectivity index (χ0n) is 10.9. The molecule has 0 fully saturated rings. The van der Waals surface area contributed by atoms with E-state index in [9.17, 15) is 4.79 Å². The number of hydrogen-bond donors (Lipinski definition) is 1. The van der Waals surface area contributed by atoms with Crippen LogP contribution >= 0.6 is 34.2 Å². The Bertz CT molecular complexity index is 624. The molecule has 4 nitrogen and oxygen atoms in total. The van der Waals surface area contributed by atoms with Crippen LogP contribution in [0.1, 0.15) is 31.1 Å².